The Morgan fingerprint density at radius 1 is 1.24 bits per heavy atom. The van der Waals surface area contributed by atoms with E-state index in [1.165, 1.54) is 0 Å². The van der Waals surface area contributed by atoms with Crippen molar-refractivity contribution < 1.29 is 13.9 Å². The molecule has 1 heterocycles. The van der Waals surface area contributed by atoms with Gasteiger partial charge in [-0.1, -0.05) is 42.2 Å². The average molecular weight is 335 g/mol. The molecule has 0 unspecified atom stereocenters. The van der Waals surface area contributed by atoms with E-state index in [4.69, 9.17) is 14.9 Å². The molecule has 0 saturated carbocycles. The minimum atomic E-state index is -0.454. The third kappa shape index (κ3) is 4.75. The van der Waals surface area contributed by atoms with Gasteiger partial charge in [0.15, 0.2) is 5.58 Å². The van der Waals surface area contributed by atoms with Crippen LogP contribution in [-0.4, -0.2) is 17.6 Å². The molecule has 0 atom stereocenters. The van der Waals surface area contributed by atoms with Crippen LogP contribution in [0.4, 0.5) is 10.8 Å². The highest BCUT2D eigenvalue weighted by Gasteiger charge is 2.02. The van der Waals surface area contributed by atoms with Crippen molar-refractivity contribution in [3.63, 3.8) is 0 Å². The van der Waals surface area contributed by atoms with Crippen molar-refractivity contribution in [3.8, 4) is 11.8 Å². The number of amides is 1. The molecule has 3 rings (SSSR count). The molecule has 0 aliphatic carbocycles. The Balaban J connectivity index is 1.42. The van der Waals surface area contributed by atoms with Crippen LogP contribution in [0, 0.1) is 11.8 Å². The lowest BCUT2D eigenvalue weighted by Crippen LogP contribution is -2.24. The number of benzene rings is 2. The fraction of sp³-hybridized carbons (Fsp3) is 0.158. The van der Waals surface area contributed by atoms with Gasteiger partial charge >= 0.3 is 6.09 Å². The molecule has 0 saturated heterocycles. The maximum absolute atomic E-state index is 11.6. The second-order valence-electron chi connectivity index (χ2n) is 5.27. The van der Waals surface area contributed by atoms with Gasteiger partial charge in [0, 0.05) is 18.5 Å². The molecule has 25 heavy (non-hydrogen) atoms. The first-order valence-electron chi connectivity index (χ1n) is 7.80. The number of nitrogens with one attached hydrogen (secondary N) is 1. The zero-order valence-electron chi connectivity index (χ0n) is 13.5. The molecule has 0 aliphatic heterocycles. The van der Waals surface area contributed by atoms with Gasteiger partial charge in [0.05, 0.1) is 0 Å². The molecule has 3 aromatic rings. The van der Waals surface area contributed by atoms with Crippen molar-refractivity contribution in [3.05, 3.63) is 59.7 Å². The van der Waals surface area contributed by atoms with Gasteiger partial charge in [-0.3, -0.25) is 0 Å². The molecule has 0 fully saturated rings. The number of fused-ring (bicyclic) bond motifs is 1. The lowest BCUT2D eigenvalue weighted by atomic mass is 10.2. The highest BCUT2D eigenvalue weighted by molar-refractivity contribution is 5.76. The average Bonchev–Trinajstić information content (AvgIpc) is 3.00. The van der Waals surface area contributed by atoms with Gasteiger partial charge in [-0.2, -0.15) is 4.98 Å². The molecule has 1 amide bonds. The van der Waals surface area contributed by atoms with Gasteiger partial charge in [-0.15, -0.1) is 0 Å². The van der Waals surface area contributed by atoms with Gasteiger partial charge in [-0.05, 0) is 23.8 Å². The summed E-state index contributed by atoms with van der Waals surface area (Å²) in [6.07, 6.45) is 0.0598. The Morgan fingerprint density at radius 3 is 2.92 bits per heavy atom. The van der Waals surface area contributed by atoms with Crippen molar-refractivity contribution in [1.82, 2.24) is 10.3 Å². The summed E-state index contributed by atoms with van der Waals surface area (Å²) in [6, 6.07) is 15.1. The van der Waals surface area contributed by atoms with Crippen LogP contribution in [0.5, 0.6) is 0 Å². The molecule has 0 radical (unpaired) electrons. The Hall–Kier alpha value is -3.46. The summed E-state index contributed by atoms with van der Waals surface area (Å²) < 4.78 is 10.3. The van der Waals surface area contributed by atoms with E-state index in [1.54, 1.807) is 6.07 Å². The second-order valence-corrected chi connectivity index (χ2v) is 5.27. The van der Waals surface area contributed by atoms with Crippen LogP contribution in [0.1, 0.15) is 17.5 Å². The van der Waals surface area contributed by atoms with E-state index >= 15 is 0 Å². The molecule has 1 aromatic heterocycles. The summed E-state index contributed by atoms with van der Waals surface area (Å²) >= 11 is 0. The van der Waals surface area contributed by atoms with Crippen LogP contribution in [-0.2, 0) is 11.3 Å². The molecular formula is C19H17N3O3. The Kier molecular flexibility index (Phi) is 5.17. The standard InChI is InChI=1S/C19H17N3O3/c20-18-22-16-12-14(9-10-17(16)25-18)6-4-5-11-21-19(23)24-13-15-7-2-1-3-8-15/h1-3,7-10,12H,5,11,13H2,(H2,20,22)(H,21,23). The number of anilines is 1. The van der Waals surface area contributed by atoms with Crippen molar-refractivity contribution in [2.75, 3.05) is 12.3 Å². The zero-order chi connectivity index (χ0) is 17.5. The monoisotopic (exact) mass is 335 g/mol. The third-order valence-corrected chi connectivity index (χ3v) is 3.37. The highest BCUT2D eigenvalue weighted by Crippen LogP contribution is 2.17. The van der Waals surface area contributed by atoms with Gasteiger partial charge in [0.1, 0.15) is 12.1 Å². The number of oxazole rings is 1. The smallest absolute Gasteiger partial charge is 0.407 e. The predicted molar refractivity (Wildman–Crippen MR) is 94.5 cm³/mol. The summed E-state index contributed by atoms with van der Waals surface area (Å²) in [7, 11) is 0. The number of aromatic nitrogens is 1. The fourth-order valence-electron chi connectivity index (χ4n) is 2.19. The zero-order valence-corrected chi connectivity index (χ0v) is 13.5. The minimum Gasteiger partial charge on any atom is -0.445 e. The van der Waals surface area contributed by atoms with E-state index in [0.29, 0.717) is 24.1 Å². The van der Waals surface area contributed by atoms with Crippen LogP contribution < -0.4 is 11.1 Å². The number of nitrogens with zero attached hydrogens (tertiary/aromatic N) is 1. The SMILES string of the molecule is Nc1nc2cc(C#CCCNC(=O)OCc3ccccc3)ccc2o1. The molecule has 0 spiro atoms. The van der Waals surface area contributed by atoms with Gasteiger partial charge in [-0.25, -0.2) is 4.79 Å². The lowest BCUT2D eigenvalue weighted by Gasteiger charge is -2.05. The van der Waals surface area contributed by atoms with Crippen LogP contribution in [0.2, 0.25) is 0 Å². The molecular weight excluding hydrogens is 318 g/mol. The van der Waals surface area contributed by atoms with E-state index in [2.05, 4.69) is 22.1 Å². The Bertz CT molecular complexity index is 923. The van der Waals surface area contributed by atoms with Crippen molar-refractivity contribution in [2.45, 2.75) is 13.0 Å². The molecule has 6 heteroatoms. The molecule has 126 valence electrons. The number of ether oxygens (including phenoxy) is 1. The maximum atomic E-state index is 11.6. The molecule has 0 bridgehead atoms. The topological polar surface area (TPSA) is 90.4 Å². The number of rotatable bonds is 4. The number of carbonyl (C=O) groups is 1. The van der Waals surface area contributed by atoms with E-state index in [-0.39, 0.29) is 12.6 Å². The molecule has 0 aliphatic rings. The van der Waals surface area contributed by atoms with Crippen LogP contribution in [0.3, 0.4) is 0 Å². The van der Waals surface area contributed by atoms with E-state index < -0.39 is 6.09 Å². The molecule has 6 nitrogen and oxygen atoms in total. The summed E-state index contributed by atoms with van der Waals surface area (Å²) in [6.45, 7) is 0.666. The highest BCUT2D eigenvalue weighted by atomic mass is 16.5. The fourth-order valence-corrected chi connectivity index (χ4v) is 2.19. The largest absolute Gasteiger partial charge is 0.445 e. The minimum absolute atomic E-state index is 0.137. The van der Waals surface area contributed by atoms with Crippen LogP contribution in [0.15, 0.2) is 52.9 Å². The Labute approximate surface area is 145 Å². The predicted octanol–water partition coefficient (Wildman–Crippen LogP) is 3.08. The van der Waals surface area contributed by atoms with Gasteiger partial charge < -0.3 is 20.2 Å². The summed E-state index contributed by atoms with van der Waals surface area (Å²) in [5, 5.41) is 2.66. The first-order valence-corrected chi connectivity index (χ1v) is 7.80. The normalized spacial score (nSPS) is 10.1. The van der Waals surface area contributed by atoms with E-state index in [9.17, 15) is 4.79 Å². The van der Waals surface area contributed by atoms with Crippen LogP contribution in [0.25, 0.3) is 11.1 Å². The van der Waals surface area contributed by atoms with Crippen LogP contribution >= 0.6 is 0 Å². The maximum Gasteiger partial charge on any atom is 0.407 e. The third-order valence-electron chi connectivity index (χ3n) is 3.37. The van der Waals surface area contributed by atoms with E-state index in [1.807, 2.05) is 42.5 Å². The van der Waals surface area contributed by atoms with Gasteiger partial charge in [0.2, 0.25) is 0 Å². The summed E-state index contributed by atoms with van der Waals surface area (Å²) in [4.78, 5) is 15.6. The van der Waals surface area contributed by atoms with Crippen molar-refractivity contribution in [1.29, 1.82) is 0 Å². The Morgan fingerprint density at radius 2 is 2.08 bits per heavy atom. The lowest BCUT2D eigenvalue weighted by molar-refractivity contribution is 0.140. The summed E-state index contributed by atoms with van der Waals surface area (Å²) in [5.41, 5.74) is 8.57. The quantitative estimate of drug-likeness (QED) is 0.565. The molecule has 3 N–H and O–H groups in total. The number of nitrogens with two attached hydrogens (primary N) is 1. The number of carbonyl (C=O) groups excluding carboxylic acids is 1. The number of hydrogen-bond donors (Lipinski definition) is 2. The van der Waals surface area contributed by atoms with Gasteiger partial charge in [0.25, 0.3) is 6.01 Å². The first kappa shape index (κ1) is 16.4. The van der Waals surface area contributed by atoms with Crippen molar-refractivity contribution in [2.24, 2.45) is 0 Å². The molecule has 2 aromatic carbocycles. The van der Waals surface area contributed by atoms with E-state index in [0.717, 1.165) is 11.1 Å². The number of hydrogen-bond acceptors (Lipinski definition) is 5. The number of alkyl carbamates (subject to hydrolysis) is 1. The second kappa shape index (κ2) is 7.88. The first-order chi connectivity index (χ1) is 12.2. The summed E-state index contributed by atoms with van der Waals surface area (Å²) in [5.74, 6) is 6.01. The van der Waals surface area contributed by atoms with Crippen molar-refractivity contribution >= 4 is 23.2 Å². The number of nitrogen functional groups attached to an aromatic ring is 1.